The molecule has 0 aromatic carbocycles. The van der Waals surface area contributed by atoms with Gasteiger partial charge in [0.25, 0.3) is 0 Å². The Morgan fingerprint density at radius 1 is 1.29 bits per heavy atom. The van der Waals surface area contributed by atoms with Gasteiger partial charge in [0.05, 0.1) is 0 Å². The van der Waals surface area contributed by atoms with Crippen LogP contribution in [0.25, 0.3) is 0 Å². The van der Waals surface area contributed by atoms with Crippen LogP contribution >= 0.6 is 0 Å². The van der Waals surface area contributed by atoms with Crippen molar-refractivity contribution in [3.63, 3.8) is 0 Å². The number of rotatable bonds is 5. The first-order chi connectivity index (χ1) is 7.90. The number of likely N-dealkylation sites (tertiary alicyclic amines) is 1. The van der Waals surface area contributed by atoms with Gasteiger partial charge in [-0.1, -0.05) is 19.9 Å². The maximum absolute atomic E-state index is 4.19. The fourth-order valence-corrected chi connectivity index (χ4v) is 2.32. The Balaban J connectivity index is 2.19. The van der Waals surface area contributed by atoms with E-state index in [1.165, 1.54) is 37.9 Å². The number of nitrogens with one attached hydrogen (secondary N) is 1. The fraction of sp³-hybridized carbons (Fsp3) is 0.867. The summed E-state index contributed by atoms with van der Waals surface area (Å²) >= 11 is 0. The van der Waals surface area contributed by atoms with E-state index in [-0.39, 0.29) is 5.54 Å². The lowest BCUT2D eigenvalue weighted by atomic mass is 9.94. The average molecular weight is 238 g/mol. The van der Waals surface area contributed by atoms with Crippen LogP contribution in [0.2, 0.25) is 0 Å². The summed E-state index contributed by atoms with van der Waals surface area (Å²) in [6.45, 7) is 17.6. The summed E-state index contributed by atoms with van der Waals surface area (Å²) in [7, 11) is 0. The van der Waals surface area contributed by atoms with Crippen LogP contribution in [0.1, 0.15) is 47.0 Å². The van der Waals surface area contributed by atoms with Gasteiger partial charge in [0.1, 0.15) is 0 Å². The first kappa shape index (κ1) is 14.7. The molecule has 0 radical (unpaired) electrons. The van der Waals surface area contributed by atoms with Crippen molar-refractivity contribution < 1.29 is 0 Å². The third-order valence-corrected chi connectivity index (χ3v) is 3.60. The van der Waals surface area contributed by atoms with Gasteiger partial charge in [0.2, 0.25) is 0 Å². The zero-order valence-corrected chi connectivity index (χ0v) is 12.2. The minimum Gasteiger partial charge on any atom is -0.308 e. The standard InChI is InChI=1S/C15H30N2/c1-6-14-7-9-17(10-8-14)12-13(2)11-16-15(3,4)5/h14,16H,2,6-12H2,1,3-5H3. The molecule has 0 bridgehead atoms. The largest absolute Gasteiger partial charge is 0.308 e. The molecular formula is C15H30N2. The van der Waals surface area contributed by atoms with Gasteiger partial charge in [-0.05, 0) is 58.2 Å². The molecule has 1 rings (SSSR count). The van der Waals surface area contributed by atoms with Crippen molar-refractivity contribution in [1.29, 1.82) is 0 Å². The Bertz CT molecular complexity index is 232. The van der Waals surface area contributed by atoms with E-state index in [0.717, 1.165) is 19.0 Å². The molecule has 0 saturated carbocycles. The van der Waals surface area contributed by atoms with Gasteiger partial charge >= 0.3 is 0 Å². The van der Waals surface area contributed by atoms with E-state index >= 15 is 0 Å². The number of nitrogens with zero attached hydrogens (tertiary/aromatic N) is 1. The van der Waals surface area contributed by atoms with Crippen LogP contribution in [0, 0.1) is 5.92 Å². The predicted molar refractivity (Wildman–Crippen MR) is 76.4 cm³/mol. The molecule has 1 fully saturated rings. The lowest BCUT2D eigenvalue weighted by Gasteiger charge is -2.32. The summed E-state index contributed by atoms with van der Waals surface area (Å²) in [5.74, 6) is 0.965. The van der Waals surface area contributed by atoms with Crippen molar-refractivity contribution in [2.75, 3.05) is 26.2 Å². The van der Waals surface area contributed by atoms with Crippen LogP contribution in [0.3, 0.4) is 0 Å². The van der Waals surface area contributed by atoms with Crippen LogP contribution in [0.15, 0.2) is 12.2 Å². The average Bonchev–Trinajstić information content (AvgIpc) is 2.27. The van der Waals surface area contributed by atoms with E-state index in [1.54, 1.807) is 0 Å². The minimum atomic E-state index is 0.193. The molecule has 1 heterocycles. The van der Waals surface area contributed by atoms with Gasteiger partial charge in [-0.15, -0.1) is 0 Å². The Morgan fingerprint density at radius 3 is 2.35 bits per heavy atom. The summed E-state index contributed by atoms with van der Waals surface area (Å²) in [5, 5.41) is 3.50. The second kappa shape index (κ2) is 6.55. The van der Waals surface area contributed by atoms with Crippen molar-refractivity contribution in [3.8, 4) is 0 Å². The van der Waals surface area contributed by atoms with Gasteiger partial charge in [0.15, 0.2) is 0 Å². The van der Waals surface area contributed by atoms with Crippen molar-refractivity contribution in [3.05, 3.63) is 12.2 Å². The maximum Gasteiger partial charge on any atom is 0.0202 e. The SMILES string of the molecule is C=C(CNC(C)(C)C)CN1CCC(CC)CC1. The molecule has 1 aliphatic heterocycles. The molecule has 0 atom stereocenters. The summed E-state index contributed by atoms with van der Waals surface area (Å²) in [5.41, 5.74) is 1.51. The highest BCUT2D eigenvalue weighted by atomic mass is 15.1. The molecule has 0 aromatic rings. The molecule has 100 valence electrons. The molecular weight excluding hydrogens is 208 g/mol. The Hall–Kier alpha value is -0.340. The number of hydrogen-bond acceptors (Lipinski definition) is 2. The van der Waals surface area contributed by atoms with E-state index < -0.39 is 0 Å². The van der Waals surface area contributed by atoms with Crippen LogP contribution in [0.4, 0.5) is 0 Å². The smallest absolute Gasteiger partial charge is 0.0202 e. The van der Waals surface area contributed by atoms with E-state index in [9.17, 15) is 0 Å². The lowest BCUT2D eigenvalue weighted by molar-refractivity contribution is 0.193. The molecule has 0 aliphatic carbocycles. The highest BCUT2D eigenvalue weighted by molar-refractivity contribution is 5.01. The molecule has 2 nitrogen and oxygen atoms in total. The molecule has 1 N–H and O–H groups in total. The van der Waals surface area contributed by atoms with Crippen LogP contribution in [-0.4, -0.2) is 36.6 Å². The first-order valence-corrected chi connectivity index (χ1v) is 7.04. The molecule has 0 aromatic heterocycles. The van der Waals surface area contributed by atoms with Crippen LogP contribution < -0.4 is 5.32 Å². The summed E-state index contributed by atoms with van der Waals surface area (Å²) in [4.78, 5) is 2.55. The maximum atomic E-state index is 4.19. The zero-order chi connectivity index (χ0) is 12.9. The Kier molecular flexibility index (Phi) is 5.68. The Morgan fingerprint density at radius 2 is 1.88 bits per heavy atom. The van der Waals surface area contributed by atoms with Gasteiger partial charge < -0.3 is 5.32 Å². The normalized spacial score (nSPS) is 19.5. The van der Waals surface area contributed by atoms with Crippen molar-refractivity contribution in [2.45, 2.75) is 52.5 Å². The predicted octanol–water partition coefficient (Wildman–Crippen LogP) is 3.05. The number of piperidine rings is 1. The molecule has 17 heavy (non-hydrogen) atoms. The molecule has 1 aliphatic rings. The quantitative estimate of drug-likeness (QED) is 0.741. The van der Waals surface area contributed by atoms with E-state index in [4.69, 9.17) is 0 Å². The molecule has 2 heteroatoms. The number of hydrogen-bond donors (Lipinski definition) is 1. The Labute approximate surface area is 107 Å². The zero-order valence-electron chi connectivity index (χ0n) is 12.2. The topological polar surface area (TPSA) is 15.3 Å². The fourth-order valence-electron chi connectivity index (χ4n) is 2.32. The van der Waals surface area contributed by atoms with Crippen molar-refractivity contribution >= 4 is 0 Å². The van der Waals surface area contributed by atoms with Gasteiger partial charge in [-0.25, -0.2) is 0 Å². The molecule has 1 saturated heterocycles. The second-order valence-corrected chi connectivity index (χ2v) is 6.48. The second-order valence-electron chi connectivity index (χ2n) is 6.48. The van der Waals surface area contributed by atoms with Gasteiger partial charge in [0, 0.05) is 18.6 Å². The summed E-state index contributed by atoms with van der Waals surface area (Å²) in [6, 6.07) is 0. The highest BCUT2D eigenvalue weighted by Gasteiger charge is 2.18. The van der Waals surface area contributed by atoms with Crippen LogP contribution in [0.5, 0.6) is 0 Å². The molecule has 0 unspecified atom stereocenters. The van der Waals surface area contributed by atoms with Crippen molar-refractivity contribution in [2.24, 2.45) is 5.92 Å². The minimum absolute atomic E-state index is 0.193. The van der Waals surface area contributed by atoms with E-state index in [1.807, 2.05) is 0 Å². The third-order valence-electron chi connectivity index (χ3n) is 3.60. The third kappa shape index (κ3) is 6.23. The lowest BCUT2D eigenvalue weighted by Crippen LogP contribution is -2.40. The van der Waals surface area contributed by atoms with Gasteiger partial charge in [-0.3, -0.25) is 4.90 Å². The summed E-state index contributed by atoms with van der Waals surface area (Å²) in [6.07, 6.45) is 4.09. The van der Waals surface area contributed by atoms with Gasteiger partial charge in [-0.2, -0.15) is 0 Å². The summed E-state index contributed by atoms with van der Waals surface area (Å²) < 4.78 is 0. The van der Waals surface area contributed by atoms with E-state index in [0.29, 0.717) is 0 Å². The molecule has 0 spiro atoms. The molecule has 0 amide bonds. The monoisotopic (exact) mass is 238 g/mol. The first-order valence-electron chi connectivity index (χ1n) is 7.04. The van der Waals surface area contributed by atoms with E-state index in [2.05, 4.69) is 44.5 Å². The van der Waals surface area contributed by atoms with Crippen LogP contribution in [-0.2, 0) is 0 Å². The highest BCUT2D eigenvalue weighted by Crippen LogP contribution is 2.20. The van der Waals surface area contributed by atoms with Crippen molar-refractivity contribution in [1.82, 2.24) is 10.2 Å².